The first-order valence-corrected chi connectivity index (χ1v) is 10.5. The second-order valence-electron chi connectivity index (χ2n) is 6.21. The number of para-hydroxylation sites is 1. The van der Waals surface area contributed by atoms with Crippen molar-refractivity contribution in [3.05, 3.63) is 84.2 Å². The molecule has 2 aromatic carbocycles. The van der Waals surface area contributed by atoms with E-state index in [2.05, 4.69) is 4.98 Å². The van der Waals surface area contributed by atoms with Crippen molar-refractivity contribution in [1.29, 1.82) is 0 Å². The molecule has 0 aliphatic rings. The molecule has 1 heterocycles. The van der Waals surface area contributed by atoms with Gasteiger partial charge in [-0.1, -0.05) is 30.4 Å². The van der Waals surface area contributed by atoms with Gasteiger partial charge in [0.25, 0.3) is 10.0 Å². The van der Waals surface area contributed by atoms with Gasteiger partial charge in [-0.3, -0.25) is 9.29 Å². The number of aromatic nitrogens is 1. The summed E-state index contributed by atoms with van der Waals surface area (Å²) in [6, 6.07) is 17.4. The lowest BCUT2D eigenvalue weighted by molar-refractivity contribution is 0.414. The molecule has 0 fully saturated rings. The number of pyridine rings is 1. The highest BCUT2D eigenvalue weighted by Crippen LogP contribution is 2.29. The predicted molar refractivity (Wildman–Crippen MR) is 116 cm³/mol. The number of benzene rings is 2. The molecule has 7 heteroatoms. The number of rotatable bonds is 8. The van der Waals surface area contributed by atoms with Crippen molar-refractivity contribution in [2.24, 2.45) is 5.73 Å². The molecule has 0 atom stereocenters. The van der Waals surface area contributed by atoms with Crippen LogP contribution in [0.25, 0.3) is 12.2 Å². The van der Waals surface area contributed by atoms with Gasteiger partial charge in [-0.05, 0) is 53.6 Å². The number of hydrogen-bond donors (Lipinski definition) is 1. The number of methoxy groups -OCH3 is 1. The van der Waals surface area contributed by atoms with Crippen LogP contribution in [-0.2, 0) is 10.0 Å². The second kappa shape index (κ2) is 9.36. The SMILES string of the molecule is COc1ccc(S(=O)(=O)N(CCN)c2ccccc2C=Cc2ccncc2)cc1. The van der Waals surface area contributed by atoms with Crippen LogP contribution in [0.2, 0.25) is 0 Å². The van der Waals surface area contributed by atoms with Crippen LogP contribution in [0.4, 0.5) is 5.69 Å². The van der Waals surface area contributed by atoms with Crippen molar-refractivity contribution in [2.75, 3.05) is 24.5 Å². The number of sulfonamides is 1. The highest BCUT2D eigenvalue weighted by molar-refractivity contribution is 7.92. The fourth-order valence-corrected chi connectivity index (χ4v) is 4.38. The van der Waals surface area contributed by atoms with Crippen LogP contribution in [0, 0.1) is 0 Å². The molecule has 2 N–H and O–H groups in total. The molecule has 0 aliphatic carbocycles. The van der Waals surface area contributed by atoms with E-state index in [-0.39, 0.29) is 18.0 Å². The minimum Gasteiger partial charge on any atom is -0.497 e. The van der Waals surface area contributed by atoms with Crippen LogP contribution < -0.4 is 14.8 Å². The van der Waals surface area contributed by atoms with Crippen LogP contribution in [0.1, 0.15) is 11.1 Å². The van der Waals surface area contributed by atoms with E-state index in [1.807, 2.05) is 42.5 Å². The van der Waals surface area contributed by atoms with Gasteiger partial charge in [0.2, 0.25) is 0 Å². The highest BCUT2D eigenvalue weighted by Gasteiger charge is 2.25. The summed E-state index contributed by atoms with van der Waals surface area (Å²) in [5.74, 6) is 0.593. The third-order valence-corrected chi connectivity index (χ3v) is 6.17. The van der Waals surface area contributed by atoms with Crippen LogP contribution >= 0.6 is 0 Å². The monoisotopic (exact) mass is 409 g/mol. The van der Waals surface area contributed by atoms with Crippen molar-refractivity contribution in [3.63, 3.8) is 0 Å². The third kappa shape index (κ3) is 4.82. The summed E-state index contributed by atoms with van der Waals surface area (Å²) >= 11 is 0. The summed E-state index contributed by atoms with van der Waals surface area (Å²) in [5, 5.41) is 0. The summed E-state index contributed by atoms with van der Waals surface area (Å²) in [6.45, 7) is 0.353. The molecule has 150 valence electrons. The Morgan fingerprint density at radius 1 is 1.00 bits per heavy atom. The molecular formula is C22H23N3O3S. The Morgan fingerprint density at radius 3 is 2.34 bits per heavy atom. The normalized spacial score (nSPS) is 11.5. The molecule has 0 spiro atoms. The molecule has 0 radical (unpaired) electrons. The maximum Gasteiger partial charge on any atom is 0.264 e. The fourth-order valence-electron chi connectivity index (χ4n) is 2.88. The van der Waals surface area contributed by atoms with Gasteiger partial charge >= 0.3 is 0 Å². The number of ether oxygens (including phenoxy) is 1. The van der Waals surface area contributed by atoms with Gasteiger partial charge < -0.3 is 10.5 Å². The van der Waals surface area contributed by atoms with E-state index in [1.165, 1.54) is 23.5 Å². The van der Waals surface area contributed by atoms with Crippen molar-refractivity contribution < 1.29 is 13.2 Å². The average Bonchev–Trinajstić information content (AvgIpc) is 2.77. The van der Waals surface area contributed by atoms with Crippen molar-refractivity contribution >= 4 is 27.9 Å². The van der Waals surface area contributed by atoms with Crippen LogP contribution in [0.15, 0.2) is 78.0 Å². The lowest BCUT2D eigenvalue weighted by atomic mass is 10.1. The summed E-state index contributed by atoms with van der Waals surface area (Å²) in [5.41, 5.74) is 8.06. The van der Waals surface area contributed by atoms with Gasteiger partial charge in [-0.2, -0.15) is 0 Å². The maximum absolute atomic E-state index is 13.3. The van der Waals surface area contributed by atoms with Crippen molar-refractivity contribution in [1.82, 2.24) is 4.98 Å². The molecule has 1 aromatic heterocycles. The molecule has 3 aromatic rings. The van der Waals surface area contributed by atoms with Gasteiger partial charge in [0, 0.05) is 25.5 Å². The van der Waals surface area contributed by atoms with Crippen LogP contribution in [0.5, 0.6) is 5.75 Å². The van der Waals surface area contributed by atoms with E-state index in [0.717, 1.165) is 11.1 Å². The predicted octanol–water partition coefficient (Wildman–Crippen LogP) is 3.41. The number of nitrogens with two attached hydrogens (primary N) is 1. The first-order valence-electron chi connectivity index (χ1n) is 9.10. The Labute approximate surface area is 171 Å². The lowest BCUT2D eigenvalue weighted by Crippen LogP contribution is -2.35. The zero-order valence-electron chi connectivity index (χ0n) is 16.1. The van der Waals surface area contributed by atoms with E-state index in [1.54, 1.807) is 30.6 Å². The molecule has 0 saturated carbocycles. The topological polar surface area (TPSA) is 85.5 Å². The van der Waals surface area contributed by atoms with Crippen LogP contribution in [-0.4, -0.2) is 33.6 Å². The van der Waals surface area contributed by atoms with Crippen molar-refractivity contribution in [2.45, 2.75) is 4.90 Å². The summed E-state index contributed by atoms with van der Waals surface area (Å²) in [4.78, 5) is 4.18. The van der Waals surface area contributed by atoms with Gasteiger partial charge in [0.15, 0.2) is 0 Å². The summed E-state index contributed by atoms with van der Waals surface area (Å²) in [6.07, 6.45) is 7.22. The zero-order valence-corrected chi connectivity index (χ0v) is 16.9. The third-order valence-electron chi connectivity index (χ3n) is 4.35. The van der Waals surface area contributed by atoms with E-state index in [4.69, 9.17) is 10.5 Å². The molecule has 0 bridgehead atoms. The van der Waals surface area contributed by atoms with E-state index in [0.29, 0.717) is 11.4 Å². The molecule has 6 nitrogen and oxygen atoms in total. The lowest BCUT2D eigenvalue weighted by Gasteiger charge is -2.25. The highest BCUT2D eigenvalue weighted by atomic mass is 32.2. The van der Waals surface area contributed by atoms with Gasteiger partial charge in [0.1, 0.15) is 5.75 Å². The van der Waals surface area contributed by atoms with Crippen LogP contribution in [0.3, 0.4) is 0 Å². The second-order valence-corrected chi connectivity index (χ2v) is 8.08. The summed E-state index contributed by atoms with van der Waals surface area (Å²) < 4.78 is 33.2. The average molecular weight is 410 g/mol. The minimum absolute atomic E-state index is 0.161. The van der Waals surface area contributed by atoms with E-state index >= 15 is 0 Å². The molecule has 0 saturated heterocycles. The molecular weight excluding hydrogens is 386 g/mol. The Hall–Kier alpha value is -3.16. The zero-order chi connectivity index (χ0) is 20.7. The summed E-state index contributed by atoms with van der Waals surface area (Å²) in [7, 11) is -2.26. The number of hydrogen-bond acceptors (Lipinski definition) is 5. The van der Waals surface area contributed by atoms with Crippen molar-refractivity contribution in [3.8, 4) is 5.75 Å². The Morgan fingerprint density at radius 2 is 1.69 bits per heavy atom. The van der Waals surface area contributed by atoms with E-state index < -0.39 is 10.0 Å². The quantitative estimate of drug-likeness (QED) is 0.616. The van der Waals surface area contributed by atoms with E-state index in [9.17, 15) is 8.42 Å². The van der Waals surface area contributed by atoms with Gasteiger partial charge in [-0.15, -0.1) is 0 Å². The molecule has 0 amide bonds. The first-order chi connectivity index (χ1) is 14.1. The smallest absolute Gasteiger partial charge is 0.264 e. The standard InChI is InChI=1S/C22H23N3O3S/c1-28-20-8-10-21(11-9-20)29(26,27)25(17-14-23)22-5-3-2-4-19(22)7-6-18-12-15-24-16-13-18/h2-13,15-16H,14,17,23H2,1H3. The number of nitrogens with zero attached hydrogens (tertiary/aromatic N) is 2. The fraction of sp³-hybridized carbons (Fsp3) is 0.136. The largest absolute Gasteiger partial charge is 0.497 e. The first kappa shape index (κ1) is 20.6. The number of anilines is 1. The van der Waals surface area contributed by atoms with Gasteiger partial charge in [-0.25, -0.2) is 8.42 Å². The molecule has 0 unspecified atom stereocenters. The Balaban J connectivity index is 2.01. The minimum atomic E-state index is -3.79. The van der Waals surface area contributed by atoms with Gasteiger partial charge in [0.05, 0.1) is 17.7 Å². The molecule has 29 heavy (non-hydrogen) atoms. The molecule has 3 rings (SSSR count). The Kier molecular flexibility index (Phi) is 6.64. The Bertz CT molecular complexity index is 1070. The maximum atomic E-state index is 13.3. The molecule has 0 aliphatic heterocycles.